The molecule has 0 saturated carbocycles. The zero-order chi connectivity index (χ0) is 15.6. The van der Waals surface area contributed by atoms with Crippen LogP contribution >= 0.6 is 0 Å². The maximum absolute atomic E-state index is 13.1. The molecule has 2 aliphatic heterocycles. The predicted molar refractivity (Wildman–Crippen MR) is 75.3 cm³/mol. The zero-order valence-electron chi connectivity index (χ0n) is 12.7. The standard InChI is InChI=1S/C14H22FN3O3/c1-14(2,3)21-12(19)16-5-4-6-17-9-11-7-10(15)8-18(11)13(17)20/h8,11H,4-7,9H2,1-3H3,(H,16,19)/t11-/m0/s1. The quantitative estimate of drug-likeness (QED) is 0.810. The third kappa shape index (κ3) is 4.09. The van der Waals surface area contributed by atoms with Crippen LogP contribution in [0, 0.1) is 0 Å². The van der Waals surface area contributed by atoms with Gasteiger partial charge < -0.3 is 15.0 Å². The summed E-state index contributed by atoms with van der Waals surface area (Å²) < 4.78 is 18.2. The second kappa shape index (κ2) is 5.91. The molecule has 0 spiro atoms. The van der Waals surface area contributed by atoms with Crippen LogP contribution in [0.5, 0.6) is 0 Å². The normalized spacial score (nSPS) is 21.4. The number of nitrogens with one attached hydrogen (secondary N) is 1. The fourth-order valence-electron chi connectivity index (χ4n) is 2.45. The number of carbonyl (C=O) groups is 2. The van der Waals surface area contributed by atoms with E-state index in [2.05, 4.69) is 5.32 Å². The maximum atomic E-state index is 13.1. The number of alkyl carbamates (subject to hydrolysis) is 1. The maximum Gasteiger partial charge on any atom is 0.407 e. The molecule has 118 valence electrons. The van der Waals surface area contributed by atoms with Gasteiger partial charge in [0.2, 0.25) is 0 Å². The van der Waals surface area contributed by atoms with Gasteiger partial charge in [-0.3, -0.25) is 4.90 Å². The third-order valence-electron chi connectivity index (χ3n) is 3.30. The van der Waals surface area contributed by atoms with Crippen LogP contribution in [0.25, 0.3) is 0 Å². The number of amides is 3. The van der Waals surface area contributed by atoms with Gasteiger partial charge in [-0.05, 0) is 27.2 Å². The van der Waals surface area contributed by atoms with Gasteiger partial charge in [0.25, 0.3) is 0 Å². The van der Waals surface area contributed by atoms with E-state index in [4.69, 9.17) is 4.74 Å². The molecule has 0 unspecified atom stereocenters. The second-order valence-electron chi connectivity index (χ2n) is 6.35. The summed E-state index contributed by atoms with van der Waals surface area (Å²) in [5.41, 5.74) is -0.518. The SMILES string of the molecule is CC(C)(C)OC(=O)NCCCN1C[C@@H]2CC(F)=CN2C1=O. The number of urea groups is 1. The number of fused-ring (bicyclic) bond motifs is 1. The zero-order valence-corrected chi connectivity index (χ0v) is 12.7. The molecular formula is C14H22FN3O3. The average molecular weight is 299 g/mol. The van der Waals surface area contributed by atoms with Gasteiger partial charge >= 0.3 is 12.1 Å². The Labute approximate surface area is 123 Å². The Morgan fingerprint density at radius 2 is 2.24 bits per heavy atom. The topological polar surface area (TPSA) is 61.9 Å². The molecule has 3 amide bonds. The van der Waals surface area contributed by atoms with Gasteiger partial charge in [0.15, 0.2) is 0 Å². The first-order valence-corrected chi connectivity index (χ1v) is 7.16. The highest BCUT2D eigenvalue weighted by atomic mass is 19.1. The fourth-order valence-corrected chi connectivity index (χ4v) is 2.45. The van der Waals surface area contributed by atoms with Gasteiger partial charge in [-0.15, -0.1) is 0 Å². The minimum absolute atomic E-state index is 0.0729. The van der Waals surface area contributed by atoms with E-state index in [9.17, 15) is 14.0 Å². The molecule has 0 bridgehead atoms. The monoisotopic (exact) mass is 299 g/mol. The molecule has 6 nitrogen and oxygen atoms in total. The van der Waals surface area contributed by atoms with Crippen molar-refractivity contribution in [1.29, 1.82) is 0 Å². The van der Waals surface area contributed by atoms with Crippen LogP contribution in [0.2, 0.25) is 0 Å². The van der Waals surface area contributed by atoms with Gasteiger partial charge in [0.05, 0.1) is 6.04 Å². The number of hydrogen-bond acceptors (Lipinski definition) is 3. The lowest BCUT2D eigenvalue weighted by Crippen LogP contribution is -2.35. The van der Waals surface area contributed by atoms with Crippen LogP contribution in [0.3, 0.4) is 0 Å². The molecule has 7 heteroatoms. The lowest BCUT2D eigenvalue weighted by Gasteiger charge is -2.20. The highest BCUT2D eigenvalue weighted by molar-refractivity contribution is 5.79. The van der Waals surface area contributed by atoms with Gasteiger partial charge in [-0.2, -0.15) is 0 Å². The Morgan fingerprint density at radius 3 is 2.86 bits per heavy atom. The van der Waals surface area contributed by atoms with Crippen LogP contribution in [-0.2, 0) is 4.74 Å². The molecule has 0 aromatic carbocycles. The van der Waals surface area contributed by atoms with E-state index in [0.29, 0.717) is 32.5 Å². The summed E-state index contributed by atoms with van der Waals surface area (Å²) in [6, 6.07) is -0.235. The highest BCUT2D eigenvalue weighted by Crippen LogP contribution is 2.29. The predicted octanol–water partition coefficient (Wildman–Crippen LogP) is 2.22. The molecule has 2 heterocycles. The van der Waals surface area contributed by atoms with E-state index >= 15 is 0 Å². The molecular weight excluding hydrogens is 277 g/mol. The molecule has 0 aliphatic carbocycles. The van der Waals surface area contributed by atoms with E-state index in [0.717, 1.165) is 0 Å². The van der Waals surface area contributed by atoms with Crippen molar-refractivity contribution < 1.29 is 18.7 Å². The third-order valence-corrected chi connectivity index (χ3v) is 3.30. The van der Waals surface area contributed by atoms with E-state index in [1.807, 2.05) is 0 Å². The Hall–Kier alpha value is -1.79. The minimum atomic E-state index is -0.518. The first kappa shape index (κ1) is 15.6. The van der Waals surface area contributed by atoms with Crippen molar-refractivity contribution in [2.45, 2.75) is 45.3 Å². The Morgan fingerprint density at radius 1 is 1.52 bits per heavy atom. The van der Waals surface area contributed by atoms with Crippen LogP contribution in [0.1, 0.15) is 33.6 Å². The Kier molecular flexibility index (Phi) is 4.39. The first-order chi connectivity index (χ1) is 9.76. The summed E-state index contributed by atoms with van der Waals surface area (Å²) in [6.45, 7) is 6.92. The number of carbonyl (C=O) groups excluding carboxylic acids is 2. The van der Waals surface area contributed by atoms with Crippen molar-refractivity contribution in [3.8, 4) is 0 Å². The molecule has 2 aliphatic rings. The largest absolute Gasteiger partial charge is 0.444 e. The molecule has 1 N–H and O–H groups in total. The summed E-state index contributed by atoms with van der Waals surface area (Å²) in [7, 11) is 0. The van der Waals surface area contributed by atoms with Crippen LogP contribution in [0.15, 0.2) is 12.0 Å². The van der Waals surface area contributed by atoms with Gasteiger partial charge in [0, 0.05) is 32.3 Å². The van der Waals surface area contributed by atoms with Crippen molar-refractivity contribution >= 4 is 12.1 Å². The molecule has 2 rings (SSSR count). The number of hydrogen-bond donors (Lipinski definition) is 1. The van der Waals surface area contributed by atoms with Crippen molar-refractivity contribution in [3.05, 3.63) is 12.0 Å². The van der Waals surface area contributed by atoms with Crippen LogP contribution in [0.4, 0.5) is 14.0 Å². The molecule has 0 aromatic rings. The summed E-state index contributed by atoms with van der Waals surface area (Å²) in [5.74, 6) is -0.236. The Balaban J connectivity index is 1.66. The van der Waals surface area contributed by atoms with Crippen molar-refractivity contribution in [1.82, 2.24) is 15.1 Å². The minimum Gasteiger partial charge on any atom is -0.444 e. The van der Waals surface area contributed by atoms with Gasteiger partial charge in [-0.1, -0.05) is 0 Å². The fraction of sp³-hybridized carbons (Fsp3) is 0.714. The molecule has 0 aromatic heterocycles. The lowest BCUT2D eigenvalue weighted by atomic mass is 10.2. The summed E-state index contributed by atoms with van der Waals surface area (Å²) in [6.07, 6.45) is 1.77. The Bertz CT molecular complexity index is 459. The molecule has 0 radical (unpaired) electrons. The highest BCUT2D eigenvalue weighted by Gasteiger charge is 2.40. The average Bonchev–Trinajstić information content (AvgIpc) is 2.82. The van der Waals surface area contributed by atoms with E-state index < -0.39 is 11.7 Å². The first-order valence-electron chi connectivity index (χ1n) is 7.16. The summed E-state index contributed by atoms with van der Waals surface area (Å²) in [5, 5.41) is 2.65. The van der Waals surface area contributed by atoms with Crippen molar-refractivity contribution in [2.75, 3.05) is 19.6 Å². The molecule has 1 saturated heterocycles. The molecule has 1 fully saturated rings. The summed E-state index contributed by atoms with van der Waals surface area (Å²) >= 11 is 0. The van der Waals surface area contributed by atoms with Crippen molar-refractivity contribution in [3.63, 3.8) is 0 Å². The van der Waals surface area contributed by atoms with Crippen molar-refractivity contribution in [2.24, 2.45) is 0 Å². The lowest BCUT2D eigenvalue weighted by molar-refractivity contribution is 0.0526. The van der Waals surface area contributed by atoms with E-state index in [-0.39, 0.29) is 17.9 Å². The van der Waals surface area contributed by atoms with Gasteiger partial charge in [-0.25, -0.2) is 14.0 Å². The van der Waals surface area contributed by atoms with Crippen LogP contribution < -0.4 is 5.32 Å². The van der Waals surface area contributed by atoms with E-state index in [1.54, 1.807) is 25.7 Å². The van der Waals surface area contributed by atoms with Gasteiger partial charge in [0.1, 0.15) is 11.4 Å². The second-order valence-corrected chi connectivity index (χ2v) is 6.35. The number of halogens is 1. The number of ether oxygens (including phenoxy) is 1. The number of nitrogens with zero attached hydrogens (tertiary/aromatic N) is 2. The molecule has 21 heavy (non-hydrogen) atoms. The van der Waals surface area contributed by atoms with E-state index in [1.165, 1.54) is 11.1 Å². The number of rotatable bonds is 4. The van der Waals surface area contributed by atoms with Crippen LogP contribution in [-0.4, -0.2) is 53.2 Å². The summed E-state index contributed by atoms with van der Waals surface area (Å²) in [4.78, 5) is 26.6. The molecule has 1 atom stereocenters. The smallest absolute Gasteiger partial charge is 0.407 e.